The molecule has 0 radical (unpaired) electrons. The lowest BCUT2D eigenvalue weighted by Gasteiger charge is -2.27. The summed E-state index contributed by atoms with van der Waals surface area (Å²) in [7, 11) is 1.47. The molecular formula is C70H124N2O7P+. The standard InChI is InChI=1S/C70H123N2O7P/c1-7-10-13-16-19-22-25-28-30-32-33-34-35-36-37-38-39-41-42-44-47-50-53-56-59-62-69(73)71-67(66-78-80(75,76)77-65-64-72(4,5)6)68(61-58-55-52-49-46-27-24-21-18-15-12-9-3)79-70(74)63-60-57-54-51-48-45-43-40-31-29-26-23-20-17-14-11-8-2/h10,13,19-20,22-23,28-31,33-34,36-37,39,41,58,61,67-68H,7-9,11-12,14-18,21,24-27,32,35,38,40,42-57,59-60,62-66H2,1-6H3,(H-,71,73,75,76)/p+1/b13-10-,22-19-,23-20-,30-28-,31-29-,34-33-,37-36-,41-39-,61-58-. The summed E-state index contributed by atoms with van der Waals surface area (Å²) in [6.45, 7) is 6.85. The number of nitrogens with one attached hydrogen (secondary N) is 1. The zero-order valence-electron chi connectivity index (χ0n) is 52.5. The molecule has 0 aliphatic rings. The zero-order chi connectivity index (χ0) is 58.6. The zero-order valence-corrected chi connectivity index (χ0v) is 53.4. The van der Waals surface area contributed by atoms with Crippen LogP contribution in [-0.4, -0.2) is 74.3 Å². The average Bonchev–Trinajstić information content (AvgIpc) is 3.42. The summed E-state index contributed by atoms with van der Waals surface area (Å²) < 4.78 is 30.7. The summed E-state index contributed by atoms with van der Waals surface area (Å²) in [5.41, 5.74) is 0. The van der Waals surface area contributed by atoms with Gasteiger partial charge in [-0.05, 0) is 115 Å². The Morgan fingerprint density at radius 1 is 0.450 bits per heavy atom. The lowest BCUT2D eigenvalue weighted by atomic mass is 10.0. The summed E-state index contributed by atoms with van der Waals surface area (Å²) >= 11 is 0. The Bertz CT molecular complexity index is 1740. The van der Waals surface area contributed by atoms with Crippen LogP contribution in [-0.2, 0) is 27.9 Å². The van der Waals surface area contributed by atoms with E-state index in [1.807, 2.05) is 33.3 Å². The molecule has 9 nitrogen and oxygen atoms in total. The lowest BCUT2D eigenvalue weighted by molar-refractivity contribution is -0.870. The van der Waals surface area contributed by atoms with Crippen molar-refractivity contribution < 1.29 is 37.3 Å². The number of esters is 1. The molecule has 10 heteroatoms. The van der Waals surface area contributed by atoms with Crippen molar-refractivity contribution in [3.63, 3.8) is 0 Å². The second-order valence-electron chi connectivity index (χ2n) is 22.9. The number of hydrogen-bond acceptors (Lipinski definition) is 6. The SMILES string of the molecule is CC/C=C\C/C=C\C/C=C\C/C=C\C/C=C\C/C=C\CCCCCCCCC(=O)NC(COP(=O)(O)OCC[N+](C)(C)C)C(/C=C\CCCCCCCCCCCC)OC(=O)CCCCCCCCC/C=C\C/C=C\CCCCC. The highest BCUT2D eigenvalue weighted by Crippen LogP contribution is 2.43. The number of unbranched alkanes of at least 4 members (excludes halogenated alkanes) is 26. The van der Waals surface area contributed by atoms with E-state index >= 15 is 0 Å². The summed E-state index contributed by atoms with van der Waals surface area (Å²) in [5, 5.41) is 3.05. The summed E-state index contributed by atoms with van der Waals surface area (Å²) in [6, 6.07) is -0.867. The van der Waals surface area contributed by atoms with Crippen molar-refractivity contribution in [3.8, 4) is 0 Å². The van der Waals surface area contributed by atoms with Crippen LogP contribution in [0.15, 0.2) is 109 Å². The van der Waals surface area contributed by atoms with E-state index in [1.54, 1.807) is 0 Å². The minimum absolute atomic E-state index is 0.0304. The van der Waals surface area contributed by atoms with E-state index < -0.39 is 20.0 Å². The summed E-state index contributed by atoms with van der Waals surface area (Å²) in [5.74, 6) is -0.534. The van der Waals surface area contributed by atoms with Crippen molar-refractivity contribution in [3.05, 3.63) is 109 Å². The number of carbonyl (C=O) groups excluding carboxylic acids is 2. The van der Waals surface area contributed by atoms with Crippen LogP contribution in [0, 0.1) is 0 Å². The van der Waals surface area contributed by atoms with Crippen LogP contribution in [0.25, 0.3) is 0 Å². The van der Waals surface area contributed by atoms with Gasteiger partial charge in [-0.15, -0.1) is 0 Å². The van der Waals surface area contributed by atoms with Gasteiger partial charge in [0.15, 0.2) is 0 Å². The maximum atomic E-state index is 13.6. The van der Waals surface area contributed by atoms with E-state index in [4.69, 9.17) is 13.8 Å². The van der Waals surface area contributed by atoms with Crippen LogP contribution in [0.4, 0.5) is 0 Å². The van der Waals surface area contributed by atoms with Gasteiger partial charge in [-0.25, -0.2) is 4.57 Å². The van der Waals surface area contributed by atoms with E-state index in [0.29, 0.717) is 17.4 Å². The molecule has 2 N–H and O–H groups in total. The van der Waals surface area contributed by atoms with E-state index in [9.17, 15) is 19.0 Å². The fourth-order valence-corrected chi connectivity index (χ4v) is 9.65. The third-order valence-electron chi connectivity index (χ3n) is 13.9. The van der Waals surface area contributed by atoms with E-state index in [0.717, 1.165) is 141 Å². The Hall–Kier alpha value is -3.33. The highest BCUT2D eigenvalue weighted by atomic mass is 31.2. The van der Waals surface area contributed by atoms with Gasteiger partial charge in [0.2, 0.25) is 5.91 Å². The molecule has 0 fully saturated rings. The Kier molecular flexibility index (Phi) is 56.4. The number of rotatable bonds is 58. The van der Waals surface area contributed by atoms with Gasteiger partial charge in [-0.1, -0.05) is 252 Å². The Morgan fingerprint density at radius 3 is 1.23 bits per heavy atom. The van der Waals surface area contributed by atoms with Gasteiger partial charge in [0.05, 0.1) is 33.8 Å². The number of hydrogen-bond donors (Lipinski definition) is 2. The summed E-state index contributed by atoms with van der Waals surface area (Å²) in [4.78, 5) is 37.8. The van der Waals surface area contributed by atoms with Gasteiger partial charge in [0.1, 0.15) is 19.3 Å². The molecule has 0 rings (SSSR count). The normalized spacial score (nSPS) is 14.3. The van der Waals surface area contributed by atoms with Crippen LogP contribution >= 0.6 is 7.82 Å². The monoisotopic (exact) mass is 1140 g/mol. The summed E-state index contributed by atoms with van der Waals surface area (Å²) in [6.07, 6.45) is 80.8. The number of allylic oxidation sites excluding steroid dienone is 17. The molecule has 3 unspecified atom stereocenters. The second kappa shape index (κ2) is 58.9. The van der Waals surface area contributed by atoms with Crippen LogP contribution in [0.2, 0.25) is 0 Å². The molecule has 1 amide bonds. The van der Waals surface area contributed by atoms with Gasteiger partial charge in [-0.2, -0.15) is 0 Å². The largest absolute Gasteiger partial charge is 0.472 e. The average molecular weight is 1140 g/mol. The number of likely N-dealkylation sites (N-methyl/N-ethyl adjacent to an activating group) is 1. The van der Waals surface area contributed by atoms with Gasteiger partial charge < -0.3 is 19.4 Å². The lowest BCUT2D eigenvalue weighted by Crippen LogP contribution is -2.47. The Balaban J connectivity index is 5.22. The molecule has 0 aliphatic heterocycles. The van der Waals surface area contributed by atoms with Crippen LogP contribution in [0.5, 0.6) is 0 Å². The molecule has 0 bridgehead atoms. The van der Waals surface area contributed by atoms with Crippen LogP contribution in [0.3, 0.4) is 0 Å². The number of quaternary nitrogens is 1. The molecule has 0 saturated heterocycles. The van der Waals surface area contributed by atoms with Gasteiger partial charge >= 0.3 is 13.8 Å². The van der Waals surface area contributed by atoms with E-state index in [2.05, 4.69) is 123 Å². The van der Waals surface area contributed by atoms with E-state index in [1.165, 1.54) is 96.3 Å². The topological polar surface area (TPSA) is 111 Å². The molecule has 0 saturated carbocycles. The smallest absolute Gasteiger partial charge is 0.456 e. The van der Waals surface area contributed by atoms with Gasteiger partial charge in [0.25, 0.3) is 0 Å². The Labute approximate surface area is 493 Å². The highest BCUT2D eigenvalue weighted by molar-refractivity contribution is 7.47. The first-order chi connectivity index (χ1) is 38.9. The predicted octanol–water partition coefficient (Wildman–Crippen LogP) is 20.5. The number of phosphoric ester groups is 1. The maximum absolute atomic E-state index is 13.6. The third-order valence-corrected chi connectivity index (χ3v) is 14.9. The number of nitrogens with zero attached hydrogens (tertiary/aromatic N) is 1. The van der Waals surface area contributed by atoms with Gasteiger partial charge in [-0.3, -0.25) is 18.6 Å². The van der Waals surface area contributed by atoms with Crippen molar-refractivity contribution in [2.75, 3.05) is 40.9 Å². The molecule has 0 aromatic heterocycles. The molecule has 0 aromatic rings. The van der Waals surface area contributed by atoms with Crippen molar-refractivity contribution in [2.24, 2.45) is 0 Å². The van der Waals surface area contributed by atoms with Crippen molar-refractivity contribution in [2.45, 2.75) is 283 Å². The number of ether oxygens (including phenoxy) is 1. The Morgan fingerprint density at radius 2 is 0.800 bits per heavy atom. The van der Waals surface area contributed by atoms with E-state index in [-0.39, 0.29) is 31.5 Å². The van der Waals surface area contributed by atoms with Gasteiger partial charge in [0, 0.05) is 12.8 Å². The molecule has 0 aliphatic carbocycles. The molecule has 460 valence electrons. The molecule has 0 spiro atoms. The second-order valence-corrected chi connectivity index (χ2v) is 24.4. The fraction of sp³-hybridized carbons (Fsp3) is 0.714. The first kappa shape index (κ1) is 76.7. The van der Waals surface area contributed by atoms with Crippen molar-refractivity contribution in [1.82, 2.24) is 5.32 Å². The minimum Gasteiger partial charge on any atom is -0.456 e. The number of amides is 1. The van der Waals surface area contributed by atoms with Crippen molar-refractivity contribution in [1.29, 1.82) is 0 Å². The molecule has 80 heavy (non-hydrogen) atoms. The molecular weight excluding hydrogens is 1010 g/mol. The molecule has 3 atom stereocenters. The first-order valence-electron chi connectivity index (χ1n) is 32.7. The van der Waals surface area contributed by atoms with Crippen LogP contribution < -0.4 is 5.32 Å². The fourth-order valence-electron chi connectivity index (χ4n) is 8.91. The first-order valence-corrected chi connectivity index (χ1v) is 34.2. The van der Waals surface area contributed by atoms with Crippen molar-refractivity contribution >= 4 is 19.7 Å². The minimum atomic E-state index is -4.46. The maximum Gasteiger partial charge on any atom is 0.472 e. The number of carbonyl (C=O) groups is 2. The molecule has 0 heterocycles. The third kappa shape index (κ3) is 59.3. The number of phosphoric acid groups is 1. The quantitative estimate of drug-likeness (QED) is 0.0205. The molecule has 0 aromatic carbocycles. The predicted molar refractivity (Wildman–Crippen MR) is 346 cm³/mol. The highest BCUT2D eigenvalue weighted by Gasteiger charge is 2.30. The van der Waals surface area contributed by atoms with Crippen LogP contribution in [0.1, 0.15) is 271 Å².